The maximum absolute atomic E-state index is 5.23. The fourth-order valence-corrected chi connectivity index (χ4v) is 2.45. The number of ether oxygens (including phenoxy) is 1. The summed E-state index contributed by atoms with van der Waals surface area (Å²) in [5.74, 6) is 0.867. The van der Waals surface area contributed by atoms with E-state index in [4.69, 9.17) is 4.74 Å². The molecule has 0 amide bonds. The van der Waals surface area contributed by atoms with E-state index in [1.807, 2.05) is 18.2 Å². The van der Waals surface area contributed by atoms with Gasteiger partial charge in [0.15, 0.2) is 0 Å². The highest BCUT2D eigenvalue weighted by atomic mass is 32.1. The number of aromatic nitrogens is 1. The first-order valence-corrected chi connectivity index (χ1v) is 7.01. The monoisotopic (exact) mass is 262 g/mol. The molecule has 0 bridgehead atoms. The summed E-state index contributed by atoms with van der Waals surface area (Å²) in [6.07, 6.45) is 1.15. The van der Waals surface area contributed by atoms with Gasteiger partial charge in [0, 0.05) is 17.5 Å². The Morgan fingerprint density at radius 2 is 2.28 bits per heavy atom. The van der Waals surface area contributed by atoms with Crippen molar-refractivity contribution < 1.29 is 4.74 Å². The van der Waals surface area contributed by atoms with Crippen molar-refractivity contribution in [3.05, 3.63) is 34.7 Å². The van der Waals surface area contributed by atoms with Crippen molar-refractivity contribution in [1.82, 2.24) is 10.3 Å². The molecule has 1 heterocycles. The first-order chi connectivity index (χ1) is 8.83. The van der Waals surface area contributed by atoms with Gasteiger partial charge in [0.2, 0.25) is 0 Å². The third-order valence-corrected chi connectivity index (χ3v) is 3.47. The van der Waals surface area contributed by atoms with Gasteiger partial charge in [-0.1, -0.05) is 19.1 Å². The molecule has 0 radical (unpaired) electrons. The Labute approximate surface area is 112 Å². The second-order valence-corrected chi connectivity index (χ2v) is 4.98. The fraction of sp³-hybridized carbons (Fsp3) is 0.357. The predicted molar refractivity (Wildman–Crippen MR) is 76.1 cm³/mol. The molecule has 0 spiro atoms. The molecular formula is C14H18N2OS. The van der Waals surface area contributed by atoms with E-state index in [9.17, 15) is 0 Å². The standard InChI is InChI=1S/C14H18N2OS/c1-3-7-15-9-14-16-13(10-18-14)11-5-4-6-12(8-11)17-2/h4-6,8,10,15H,3,7,9H2,1-2H3. The van der Waals surface area contributed by atoms with E-state index in [2.05, 4.69) is 28.7 Å². The predicted octanol–water partition coefficient (Wildman–Crippen LogP) is 3.32. The molecule has 0 atom stereocenters. The zero-order chi connectivity index (χ0) is 12.8. The van der Waals surface area contributed by atoms with Crippen LogP contribution in [-0.4, -0.2) is 18.6 Å². The van der Waals surface area contributed by atoms with Crippen LogP contribution in [0, 0.1) is 0 Å². The summed E-state index contributed by atoms with van der Waals surface area (Å²) < 4.78 is 5.23. The van der Waals surface area contributed by atoms with E-state index in [-0.39, 0.29) is 0 Å². The Kier molecular flexibility index (Phi) is 4.73. The number of benzene rings is 1. The average Bonchev–Trinajstić information content (AvgIpc) is 2.88. The van der Waals surface area contributed by atoms with E-state index in [1.165, 1.54) is 0 Å². The van der Waals surface area contributed by atoms with Gasteiger partial charge in [-0.3, -0.25) is 0 Å². The number of methoxy groups -OCH3 is 1. The number of hydrogen-bond donors (Lipinski definition) is 1. The third kappa shape index (κ3) is 3.31. The van der Waals surface area contributed by atoms with Crippen molar-refractivity contribution in [1.29, 1.82) is 0 Å². The van der Waals surface area contributed by atoms with Gasteiger partial charge in [-0.15, -0.1) is 11.3 Å². The molecule has 0 saturated carbocycles. The maximum atomic E-state index is 5.23. The van der Waals surface area contributed by atoms with E-state index >= 15 is 0 Å². The quantitative estimate of drug-likeness (QED) is 0.811. The lowest BCUT2D eigenvalue weighted by atomic mass is 10.2. The smallest absolute Gasteiger partial charge is 0.119 e. The fourth-order valence-electron chi connectivity index (χ4n) is 1.68. The third-order valence-electron chi connectivity index (χ3n) is 2.62. The molecule has 0 aliphatic heterocycles. The number of nitrogens with one attached hydrogen (secondary N) is 1. The molecule has 0 saturated heterocycles. The van der Waals surface area contributed by atoms with Crippen LogP contribution in [0.25, 0.3) is 11.3 Å². The minimum absolute atomic E-state index is 0.850. The topological polar surface area (TPSA) is 34.2 Å². The molecule has 3 nitrogen and oxygen atoms in total. The largest absolute Gasteiger partial charge is 0.497 e. The van der Waals surface area contributed by atoms with Gasteiger partial charge in [0.25, 0.3) is 0 Å². The zero-order valence-corrected chi connectivity index (χ0v) is 11.6. The van der Waals surface area contributed by atoms with Gasteiger partial charge < -0.3 is 10.1 Å². The molecule has 18 heavy (non-hydrogen) atoms. The van der Waals surface area contributed by atoms with Crippen LogP contribution in [-0.2, 0) is 6.54 Å². The SMILES string of the molecule is CCCNCc1nc(-c2cccc(OC)c2)cs1. The molecule has 0 aliphatic rings. The molecule has 4 heteroatoms. The van der Waals surface area contributed by atoms with Crippen LogP contribution in [0.5, 0.6) is 5.75 Å². The highest BCUT2D eigenvalue weighted by Crippen LogP contribution is 2.25. The molecule has 0 aliphatic carbocycles. The Hall–Kier alpha value is -1.39. The number of rotatable bonds is 6. The van der Waals surface area contributed by atoms with Gasteiger partial charge in [0.1, 0.15) is 10.8 Å². The molecule has 2 rings (SSSR count). The molecule has 1 N–H and O–H groups in total. The number of thiazole rings is 1. The summed E-state index contributed by atoms with van der Waals surface area (Å²) in [7, 11) is 1.68. The minimum Gasteiger partial charge on any atom is -0.497 e. The summed E-state index contributed by atoms with van der Waals surface area (Å²) in [6.45, 7) is 4.05. The number of hydrogen-bond acceptors (Lipinski definition) is 4. The van der Waals surface area contributed by atoms with Gasteiger partial charge >= 0.3 is 0 Å². The first kappa shape index (κ1) is 13.1. The average molecular weight is 262 g/mol. The maximum Gasteiger partial charge on any atom is 0.119 e. The Bertz CT molecular complexity index is 496. The van der Waals surface area contributed by atoms with Gasteiger partial charge in [-0.25, -0.2) is 4.98 Å². The summed E-state index contributed by atoms with van der Waals surface area (Å²) in [5.41, 5.74) is 2.12. The van der Waals surface area contributed by atoms with Crippen molar-refractivity contribution >= 4 is 11.3 Å². The van der Waals surface area contributed by atoms with Crippen molar-refractivity contribution in [3.63, 3.8) is 0 Å². The van der Waals surface area contributed by atoms with E-state index in [0.717, 1.165) is 41.5 Å². The summed E-state index contributed by atoms with van der Waals surface area (Å²) >= 11 is 1.69. The van der Waals surface area contributed by atoms with E-state index < -0.39 is 0 Å². The molecular weight excluding hydrogens is 244 g/mol. The molecule has 1 aromatic heterocycles. The molecule has 0 unspecified atom stereocenters. The Morgan fingerprint density at radius 3 is 3.06 bits per heavy atom. The lowest BCUT2D eigenvalue weighted by molar-refractivity contribution is 0.415. The van der Waals surface area contributed by atoms with Crippen molar-refractivity contribution in [2.75, 3.05) is 13.7 Å². The van der Waals surface area contributed by atoms with Gasteiger partial charge in [-0.2, -0.15) is 0 Å². The second-order valence-electron chi connectivity index (χ2n) is 4.04. The Morgan fingerprint density at radius 1 is 1.39 bits per heavy atom. The number of nitrogens with zero attached hydrogens (tertiary/aromatic N) is 1. The van der Waals surface area contributed by atoms with Crippen LogP contribution in [0.1, 0.15) is 18.4 Å². The molecule has 2 aromatic rings. The van der Waals surface area contributed by atoms with Gasteiger partial charge in [-0.05, 0) is 25.1 Å². The first-order valence-electron chi connectivity index (χ1n) is 6.13. The van der Waals surface area contributed by atoms with Crippen LogP contribution < -0.4 is 10.1 Å². The van der Waals surface area contributed by atoms with Crippen LogP contribution in [0.3, 0.4) is 0 Å². The minimum atomic E-state index is 0.850. The summed E-state index contributed by atoms with van der Waals surface area (Å²) in [5, 5.41) is 6.58. The van der Waals surface area contributed by atoms with Crippen LogP contribution >= 0.6 is 11.3 Å². The van der Waals surface area contributed by atoms with Crippen LogP contribution in [0.4, 0.5) is 0 Å². The summed E-state index contributed by atoms with van der Waals surface area (Å²) in [4.78, 5) is 4.63. The lowest BCUT2D eigenvalue weighted by Gasteiger charge is -2.01. The normalized spacial score (nSPS) is 10.6. The molecule has 96 valence electrons. The van der Waals surface area contributed by atoms with Crippen molar-refractivity contribution in [2.45, 2.75) is 19.9 Å². The van der Waals surface area contributed by atoms with Crippen molar-refractivity contribution in [3.8, 4) is 17.0 Å². The van der Waals surface area contributed by atoms with Gasteiger partial charge in [0.05, 0.1) is 12.8 Å². The molecule has 0 fully saturated rings. The molecule has 1 aromatic carbocycles. The van der Waals surface area contributed by atoms with Crippen LogP contribution in [0.15, 0.2) is 29.6 Å². The van der Waals surface area contributed by atoms with E-state index in [0.29, 0.717) is 0 Å². The van der Waals surface area contributed by atoms with Crippen LogP contribution in [0.2, 0.25) is 0 Å². The Balaban J connectivity index is 2.08. The highest BCUT2D eigenvalue weighted by molar-refractivity contribution is 7.09. The lowest BCUT2D eigenvalue weighted by Crippen LogP contribution is -2.13. The second kappa shape index (κ2) is 6.52. The zero-order valence-electron chi connectivity index (χ0n) is 10.8. The van der Waals surface area contributed by atoms with E-state index in [1.54, 1.807) is 18.4 Å². The summed E-state index contributed by atoms with van der Waals surface area (Å²) in [6, 6.07) is 8.00. The van der Waals surface area contributed by atoms with Crippen molar-refractivity contribution in [2.24, 2.45) is 0 Å². The highest BCUT2D eigenvalue weighted by Gasteiger charge is 2.05.